The number of benzene rings is 2. The number of ether oxygens (including phenoxy) is 3. The monoisotopic (exact) mass is 624 g/mol. The number of rotatable bonds is 10. The van der Waals surface area contributed by atoms with E-state index >= 15 is 4.39 Å². The third-order valence-corrected chi connectivity index (χ3v) is 8.86. The van der Waals surface area contributed by atoms with E-state index in [0.29, 0.717) is 46.1 Å². The molecule has 232 valence electrons. The van der Waals surface area contributed by atoms with Gasteiger partial charge in [-0.15, -0.1) is 21.9 Å². The predicted octanol–water partition coefficient (Wildman–Crippen LogP) is 6.04. The number of nitrogens with zero attached hydrogens (tertiary/aromatic N) is 1. The van der Waals surface area contributed by atoms with Crippen LogP contribution in [0.15, 0.2) is 52.2 Å². The number of fused-ring (bicyclic) bond motifs is 3. The molecule has 2 aliphatic rings. The van der Waals surface area contributed by atoms with Crippen molar-refractivity contribution in [2.24, 2.45) is 0 Å². The standard InChI is InChI=1S/C32H33FN2O8S/c1-40-27-16-23-20-12-14-28(44-3)26(36)15-24(20)25(13-11-21(23)30(31(27)41-2)43-19-8-4-5-9-19)34-32(37)22-10-6-7-18(29(22)33)17-42-35(38)39/h6-7,10,12,14-16,19,25H,4-5,8-9,11,13,17H2,1-3H3,(H,34,37)/t25-/m0/s1. The minimum absolute atomic E-state index is 0.0242. The minimum atomic E-state index is -1.02. The molecule has 10 nitrogen and oxygen atoms in total. The van der Waals surface area contributed by atoms with Crippen LogP contribution in [0.5, 0.6) is 17.2 Å². The normalized spacial score (nSPS) is 15.9. The Bertz CT molecular complexity index is 1640. The van der Waals surface area contributed by atoms with Gasteiger partial charge in [-0.25, -0.2) is 4.39 Å². The van der Waals surface area contributed by atoms with Crippen molar-refractivity contribution in [2.75, 3.05) is 20.5 Å². The molecule has 0 aliphatic heterocycles. The van der Waals surface area contributed by atoms with Crippen LogP contribution in [-0.2, 0) is 17.9 Å². The third-order valence-electron chi connectivity index (χ3n) is 8.08. The van der Waals surface area contributed by atoms with Gasteiger partial charge in [0.2, 0.25) is 5.75 Å². The van der Waals surface area contributed by atoms with Gasteiger partial charge in [0.25, 0.3) is 11.0 Å². The summed E-state index contributed by atoms with van der Waals surface area (Å²) in [5, 5.41) is 12.5. The number of hydrogen-bond acceptors (Lipinski definition) is 9. The van der Waals surface area contributed by atoms with E-state index in [1.165, 1.54) is 36.0 Å². The second kappa shape index (κ2) is 13.5. The summed E-state index contributed by atoms with van der Waals surface area (Å²) in [6.45, 7) is -0.637. The van der Waals surface area contributed by atoms with Crippen LogP contribution in [0.25, 0.3) is 11.1 Å². The van der Waals surface area contributed by atoms with Crippen LogP contribution in [0.2, 0.25) is 0 Å². The van der Waals surface area contributed by atoms with Crippen LogP contribution in [0.4, 0.5) is 4.39 Å². The molecule has 0 heterocycles. The molecule has 1 fully saturated rings. The van der Waals surface area contributed by atoms with Crippen molar-refractivity contribution in [2.45, 2.75) is 62.2 Å². The zero-order valence-electron chi connectivity index (χ0n) is 24.6. The van der Waals surface area contributed by atoms with Crippen LogP contribution in [0.1, 0.15) is 65.2 Å². The number of hydrogen-bond donors (Lipinski definition) is 1. The fourth-order valence-corrected chi connectivity index (χ4v) is 6.40. The first-order chi connectivity index (χ1) is 21.2. The average molecular weight is 625 g/mol. The van der Waals surface area contributed by atoms with E-state index < -0.39 is 29.5 Å². The smallest absolute Gasteiger partial charge is 0.294 e. The number of carbonyl (C=O) groups is 1. The molecule has 0 radical (unpaired) electrons. The molecule has 1 atom stereocenters. The summed E-state index contributed by atoms with van der Waals surface area (Å²) in [4.78, 5) is 42.3. The molecule has 3 aromatic carbocycles. The summed E-state index contributed by atoms with van der Waals surface area (Å²) >= 11 is 1.32. The van der Waals surface area contributed by atoms with Gasteiger partial charge < -0.3 is 24.4 Å². The molecule has 1 N–H and O–H groups in total. The molecule has 0 unspecified atom stereocenters. The quantitative estimate of drug-likeness (QED) is 0.163. The van der Waals surface area contributed by atoms with E-state index in [2.05, 4.69) is 10.2 Å². The third kappa shape index (κ3) is 6.30. The molecule has 0 saturated heterocycles. The Morgan fingerprint density at radius 1 is 1.07 bits per heavy atom. The first-order valence-electron chi connectivity index (χ1n) is 14.3. The molecule has 5 rings (SSSR count). The summed E-state index contributed by atoms with van der Waals surface area (Å²) < 4.78 is 33.4. The van der Waals surface area contributed by atoms with Gasteiger partial charge in [-0.1, -0.05) is 18.2 Å². The number of nitrogens with one attached hydrogen (secondary N) is 1. The van der Waals surface area contributed by atoms with Crippen LogP contribution in [-0.4, -0.2) is 37.6 Å². The molecule has 0 aromatic heterocycles. The molecular formula is C32H33FN2O8S. The second-order valence-electron chi connectivity index (χ2n) is 10.6. The molecule has 1 amide bonds. The van der Waals surface area contributed by atoms with Gasteiger partial charge in [-0.3, -0.25) is 9.59 Å². The van der Waals surface area contributed by atoms with Crippen LogP contribution in [0, 0.1) is 15.9 Å². The van der Waals surface area contributed by atoms with Crippen molar-refractivity contribution in [3.05, 3.63) is 90.9 Å². The molecule has 0 spiro atoms. The fraction of sp³-hybridized carbons (Fsp3) is 0.375. The Morgan fingerprint density at radius 2 is 1.84 bits per heavy atom. The summed E-state index contributed by atoms with van der Waals surface area (Å²) in [5.41, 5.74) is 2.28. The average Bonchev–Trinajstić information content (AvgIpc) is 3.41. The lowest BCUT2D eigenvalue weighted by Gasteiger charge is -2.23. The van der Waals surface area contributed by atoms with E-state index in [9.17, 15) is 19.7 Å². The van der Waals surface area contributed by atoms with Crippen molar-refractivity contribution in [3.63, 3.8) is 0 Å². The van der Waals surface area contributed by atoms with Crippen molar-refractivity contribution >= 4 is 17.7 Å². The second-order valence-corrected chi connectivity index (χ2v) is 11.5. The number of halogens is 1. The van der Waals surface area contributed by atoms with Gasteiger partial charge in [-0.2, -0.15) is 0 Å². The molecule has 1 saturated carbocycles. The zero-order valence-corrected chi connectivity index (χ0v) is 25.5. The Hall–Kier alpha value is -4.32. The van der Waals surface area contributed by atoms with Gasteiger partial charge in [0.05, 0.1) is 36.8 Å². The largest absolute Gasteiger partial charge is 0.493 e. The number of amides is 1. The van der Waals surface area contributed by atoms with Crippen molar-refractivity contribution < 1.29 is 33.3 Å². The fourth-order valence-electron chi connectivity index (χ4n) is 5.93. The van der Waals surface area contributed by atoms with Crippen molar-refractivity contribution in [1.29, 1.82) is 0 Å². The summed E-state index contributed by atoms with van der Waals surface area (Å²) in [6.07, 6.45) is 6.65. The number of methoxy groups -OCH3 is 2. The Balaban J connectivity index is 1.62. The Morgan fingerprint density at radius 3 is 2.52 bits per heavy atom. The van der Waals surface area contributed by atoms with E-state index in [1.54, 1.807) is 20.3 Å². The van der Waals surface area contributed by atoms with Gasteiger partial charge in [0, 0.05) is 11.1 Å². The van der Waals surface area contributed by atoms with Crippen LogP contribution >= 0.6 is 11.8 Å². The minimum Gasteiger partial charge on any atom is -0.493 e. The van der Waals surface area contributed by atoms with Gasteiger partial charge in [0.15, 0.2) is 16.9 Å². The molecule has 2 aliphatic carbocycles. The maximum Gasteiger partial charge on any atom is 0.294 e. The molecule has 3 aromatic rings. The number of carbonyl (C=O) groups excluding carboxylic acids is 1. The van der Waals surface area contributed by atoms with Crippen molar-refractivity contribution in [3.8, 4) is 28.4 Å². The zero-order chi connectivity index (χ0) is 31.4. The Labute approximate surface area is 258 Å². The molecule has 44 heavy (non-hydrogen) atoms. The maximum absolute atomic E-state index is 15.3. The SMILES string of the molecule is COc1cc2c(c(OC3CCCC3)c1OC)CC[C@H](NC(=O)c1cccc(CO[N+](=O)[O-])c1F)c1cc(=O)c(SC)ccc1-2. The number of thioether (sulfide) groups is 1. The highest BCUT2D eigenvalue weighted by atomic mass is 32.2. The first-order valence-corrected chi connectivity index (χ1v) is 15.5. The van der Waals surface area contributed by atoms with Crippen LogP contribution in [0.3, 0.4) is 0 Å². The summed E-state index contributed by atoms with van der Waals surface area (Å²) in [5.74, 6) is -0.113. The van der Waals surface area contributed by atoms with E-state index in [-0.39, 0.29) is 22.7 Å². The maximum atomic E-state index is 15.3. The lowest BCUT2D eigenvalue weighted by atomic mass is 9.96. The van der Waals surface area contributed by atoms with Crippen molar-refractivity contribution in [1.82, 2.24) is 5.32 Å². The lowest BCUT2D eigenvalue weighted by Crippen LogP contribution is -2.30. The highest BCUT2D eigenvalue weighted by Gasteiger charge is 2.32. The summed E-state index contributed by atoms with van der Waals surface area (Å²) in [6, 6.07) is 10.3. The molecular weight excluding hydrogens is 591 g/mol. The van der Waals surface area contributed by atoms with E-state index in [1.807, 2.05) is 18.4 Å². The Kier molecular flexibility index (Phi) is 9.58. The summed E-state index contributed by atoms with van der Waals surface area (Å²) in [7, 11) is 3.11. The highest BCUT2D eigenvalue weighted by molar-refractivity contribution is 7.98. The van der Waals surface area contributed by atoms with E-state index in [0.717, 1.165) is 36.8 Å². The molecule has 12 heteroatoms. The highest BCUT2D eigenvalue weighted by Crippen LogP contribution is 2.50. The van der Waals surface area contributed by atoms with E-state index in [4.69, 9.17) is 14.2 Å². The predicted molar refractivity (Wildman–Crippen MR) is 163 cm³/mol. The van der Waals surface area contributed by atoms with Gasteiger partial charge in [0.1, 0.15) is 12.4 Å². The molecule has 0 bridgehead atoms. The van der Waals surface area contributed by atoms with Gasteiger partial charge in [-0.05, 0) is 85.7 Å². The first kappa shape index (κ1) is 31.1. The van der Waals surface area contributed by atoms with Crippen LogP contribution < -0.4 is 25.0 Å². The topological polar surface area (TPSA) is 126 Å². The lowest BCUT2D eigenvalue weighted by molar-refractivity contribution is -0.763. The van der Waals surface area contributed by atoms with Gasteiger partial charge >= 0.3 is 0 Å².